The number of halogens is 1. The molecule has 1 saturated carbocycles. The molecule has 2 fully saturated rings. The van der Waals surface area contributed by atoms with Crippen LogP contribution in [0.5, 0.6) is 0 Å². The lowest BCUT2D eigenvalue weighted by atomic mass is 9.75. The summed E-state index contributed by atoms with van der Waals surface area (Å²) < 4.78 is 0. The Morgan fingerprint density at radius 1 is 1.25 bits per heavy atom. The molecule has 2 atom stereocenters. The van der Waals surface area contributed by atoms with E-state index in [-0.39, 0.29) is 0 Å². The summed E-state index contributed by atoms with van der Waals surface area (Å²) in [6.07, 6.45) is 3.76. The van der Waals surface area contributed by atoms with Gasteiger partial charge in [-0.25, -0.2) is 0 Å². The van der Waals surface area contributed by atoms with E-state index in [1.165, 1.54) is 37.9 Å². The average Bonchev–Trinajstić information content (AvgIpc) is 2.37. The predicted molar refractivity (Wildman–Crippen MR) is 85.4 cm³/mol. The van der Waals surface area contributed by atoms with Crippen LogP contribution in [0.4, 0.5) is 0 Å². The Morgan fingerprint density at radius 3 is 2.70 bits per heavy atom. The molecule has 110 valence electrons. The van der Waals surface area contributed by atoms with Crippen molar-refractivity contribution >= 4 is 11.6 Å². The number of likely N-dealkylation sites (tertiary alicyclic amines) is 1. The molecule has 1 aromatic carbocycles. The smallest absolute Gasteiger partial charge is 0.0440 e. The number of nitrogens with one attached hydrogen (secondary N) is 1. The minimum absolute atomic E-state index is 0.655. The highest BCUT2D eigenvalue weighted by atomic mass is 35.5. The Kier molecular flexibility index (Phi) is 4.34. The van der Waals surface area contributed by atoms with E-state index in [1.807, 2.05) is 12.1 Å². The van der Waals surface area contributed by atoms with Crippen LogP contribution in [0.1, 0.15) is 37.7 Å². The zero-order valence-corrected chi connectivity index (χ0v) is 13.2. The standard InChI is InChI=1S/C17H25ClN2/c1-12-11-20(2)8-7-17(12)19-14-9-13(10-14)15-5-3-4-6-16(15)18/h3-6,12-14,17,19H,7-11H2,1-2H3. The average molecular weight is 293 g/mol. The Hall–Kier alpha value is -0.570. The number of benzene rings is 1. The van der Waals surface area contributed by atoms with Crippen molar-refractivity contribution in [3.05, 3.63) is 34.9 Å². The van der Waals surface area contributed by atoms with Crippen LogP contribution in [0, 0.1) is 5.92 Å². The van der Waals surface area contributed by atoms with Crippen LogP contribution in [0.15, 0.2) is 24.3 Å². The SMILES string of the molecule is CC1CN(C)CCC1NC1CC(c2ccccc2Cl)C1. The molecular formula is C17H25ClN2. The largest absolute Gasteiger partial charge is 0.311 e. The number of rotatable bonds is 3. The molecule has 20 heavy (non-hydrogen) atoms. The highest BCUT2D eigenvalue weighted by Gasteiger charge is 2.34. The molecule has 2 unspecified atom stereocenters. The fourth-order valence-electron chi connectivity index (χ4n) is 3.72. The first kappa shape index (κ1) is 14.4. The molecule has 2 aliphatic rings. The van der Waals surface area contributed by atoms with Crippen LogP contribution >= 0.6 is 11.6 Å². The molecule has 3 heteroatoms. The highest BCUT2D eigenvalue weighted by Crippen LogP contribution is 2.40. The molecular weight excluding hydrogens is 268 g/mol. The molecule has 0 amide bonds. The first-order chi connectivity index (χ1) is 9.63. The van der Waals surface area contributed by atoms with Gasteiger partial charge in [0.15, 0.2) is 0 Å². The summed E-state index contributed by atoms with van der Waals surface area (Å²) in [6, 6.07) is 9.69. The Morgan fingerprint density at radius 2 is 2.00 bits per heavy atom. The van der Waals surface area contributed by atoms with Crippen molar-refractivity contribution in [1.82, 2.24) is 10.2 Å². The van der Waals surface area contributed by atoms with Crippen molar-refractivity contribution in [1.29, 1.82) is 0 Å². The molecule has 0 aromatic heterocycles. The molecule has 1 aliphatic heterocycles. The Bertz CT molecular complexity index is 456. The third-order valence-corrected chi connectivity index (χ3v) is 5.39. The molecule has 0 bridgehead atoms. The van der Waals surface area contributed by atoms with E-state index in [4.69, 9.17) is 11.6 Å². The maximum absolute atomic E-state index is 6.28. The van der Waals surface area contributed by atoms with Gasteiger partial charge in [0, 0.05) is 23.7 Å². The van der Waals surface area contributed by atoms with Crippen molar-refractivity contribution in [3.8, 4) is 0 Å². The van der Waals surface area contributed by atoms with E-state index >= 15 is 0 Å². The lowest BCUT2D eigenvalue weighted by Gasteiger charge is -2.43. The summed E-state index contributed by atoms with van der Waals surface area (Å²) in [6.45, 7) is 4.82. The van der Waals surface area contributed by atoms with Crippen LogP contribution in [0.3, 0.4) is 0 Å². The van der Waals surface area contributed by atoms with Crippen LogP contribution in [0.2, 0.25) is 5.02 Å². The van der Waals surface area contributed by atoms with Crippen LogP contribution in [-0.2, 0) is 0 Å². The molecule has 1 heterocycles. The molecule has 1 aromatic rings. The van der Waals surface area contributed by atoms with E-state index in [9.17, 15) is 0 Å². The quantitative estimate of drug-likeness (QED) is 0.917. The normalized spacial score (nSPS) is 34.8. The van der Waals surface area contributed by atoms with Crippen LogP contribution in [0.25, 0.3) is 0 Å². The van der Waals surface area contributed by atoms with Crippen molar-refractivity contribution < 1.29 is 0 Å². The van der Waals surface area contributed by atoms with E-state index in [2.05, 4.69) is 36.3 Å². The van der Waals surface area contributed by atoms with Gasteiger partial charge in [-0.05, 0) is 56.3 Å². The topological polar surface area (TPSA) is 15.3 Å². The van der Waals surface area contributed by atoms with Crippen molar-refractivity contribution in [2.45, 2.75) is 44.2 Å². The van der Waals surface area contributed by atoms with E-state index in [0.29, 0.717) is 18.0 Å². The van der Waals surface area contributed by atoms with Gasteiger partial charge in [0.05, 0.1) is 0 Å². The van der Waals surface area contributed by atoms with E-state index in [0.717, 1.165) is 10.9 Å². The number of piperidine rings is 1. The zero-order valence-electron chi connectivity index (χ0n) is 12.5. The third-order valence-electron chi connectivity index (χ3n) is 5.04. The molecule has 1 N–H and O–H groups in total. The van der Waals surface area contributed by atoms with Gasteiger partial charge >= 0.3 is 0 Å². The number of nitrogens with zero attached hydrogens (tertiary/aromatic N) is 1. The summed E-state index contributed by atoms with van der Waals surface area (Å²) in [5.41, 5.74) is 1.34. The molecule has 2 nitrogen and oxygen atoms in total. The first-order valence-corrected chi connectivity index (χ1v) is 8.20. The second kappa shape index (κ2) is 6.05. The molecule has 0 spiro atoms. The van der Waals surface area contributed by atoms with Crippen molar-refractivity contribution in [2.75, 3.05) is 20.1 Å². The minimum Gasteiger partial charge on any atom is -0.311 e. The summed E-state index contributed by atoms with van der Waals surface area (Å²) >= 11 is 6.28. The second-order valence-corrected chi connectivity index (χ2v) is 7.10. The van der Waals surface area contributed by atoms with Gasteiger partial charge in [-0.15, -0.1) is 0 Å². The molecule has 1 aliphatic carbocycles. The minimum atomic E-state index is 0.655. The second-order valence-electron chi connectivity index (χ2n) is 6.69. The predicted octanol–water partition coefficient (Wildman–Crippen LogP) is 3.52. The van der Waals surface area contributed by atoms with Gasteiger partial charge in [0.25, 0.3) is 0 Å². The maximum Gasteiger partial charge on any atom is 0.0440 e. The van der Waals surface area contributed by atoms with Gasteiger partial charge < -0.3 is 10.2 Å². The zero-order chi connectivity index (χ0) is 14.1. The lowest BCUT2D eigenvalue weighted by Crippen LogP contribution is -2.53. The summed E-state index contributed by atoms with van der Waals surface area (Å²) in [5, 5.41) is 4.81. The fraction of sp³-hybridized carbons (Fsp3) is 0.647. The highest BCUT2D eigenvalue weighted by molar-refractivity contribution is 6.31. The first-order valence-electron chi connectivity index (χ1n) is 7.82. The number of hydrogen-bond donors (Lipinski definition) is 1. The van der Waals surface area contributed by atoms with Crippen LogP contribution < -0.4 is 5.32 Å². The molecule has 1 saturated heterocycles. The van der Waals surface area contributed by atoms with Crippen LogP contribution in [-0.4, -0.2) is 37.1 Å². The molecule has 0 radical (unpaired) electrons. The van der Waals surface area contributed by atoms with Gasteiger partial charge in [0.2, 0.25) is 0 Å². The fourth-order valence-corrected chi connectivity index (χ4v) is 4.01. The van der Waals surface area contributed by atoms with Gasteiger partial charge in [-0.1, -0.05) is 36.7 Å². The third kappa shape index (κ3) is 3.03. The van der Waals surface area contributed by atoms with Gasteiger partial charge in [0.1, 0.15) is 0 Å². The Labute approximate surface area is 127 Å². The maximum atomic E-state index is 6.28. The van der Waals surface area contributed by atoms with Gasteiger partial charge in [-0.3, -0.25) is 0 Å². The molecule has 3 rings (SSSR count). The monoisotopic (exact) mass is 292 g/mol. The summed E-state index contributed by atoms with van der Waals surface area (Å²) in [7, 11) is 2.23. The van der Waals surface area contributed by atoms with Gasteiger partial charge in [-0.2, -0.15) is 0 Å². The number of hydrogen-bond acceptors (Lipinski definition) is 2. The lowest BCUT2D eigenvalue weighted by molar-refractivity contribution is 0.145. The summed E-state index contributed by atoms with van der Waals surface area (Å²) in [4.78, 5) is 2.44. The Balaban J connectivity index is 1.50. The van der Waals surface area contributed by atoms with E-state index < -0.39 is 0 Å². The van der Waals surface area contributed by atoms with E-state index in [1.54, 1.807) is 0 Å². The van der Waals surface area contributed by atoms with Crippen molar-refractivity contribution in [2.24, 2.45) is 5.92 Å². The van der Waals surface area contributed by atoms with Crippen molar-refractivity contribution in [3.63, 3.8) is 0 Å². The summed E-state index contributed by atoms with van der Waals surface area (Å²) in [5.74, 6) is 1.41.